The van der Waals surface area contributed by atoms with E-state index in [1.807, 2.05) is 0 Å². The molecule has 0 aromatic heterocycles. The van der Waals surface area contributed by atoms with Gasteiger partial charge in [-0.05, 0) is 24.7 Å². The molecule has 1 saturated carbocycles. The molecule has 0 radical (unpaired) electrons. The van der Waals surface area contributed by atoms with E-state index in [1.165, 1.54) is 13.5 Å². The van der Waals surface area contributed by atoms with Crippen LogP contribution in [-0.4, -0.2) is 33.8 Å². The van der Waals surface area contributed by atoms with Crippen LogP contribution in [0.4, 0.5) is 0 Å². The maximum Gasteiger partial charge on any atom is 0.305 e. The van der Waals surface area contributed by atoms with Crippen LogP contribution < -0.4 is 4.72 Å². The molecule has 0 saturated heterocycles. The second-order valence-electron chi connectivity index (χ2n) is 4.98. The number of methoxy groups -OCH3 is 1. The molecule has 1 N–H and O–H groups in total. The van der Waals surface area contributed by atoms with Crippen LogP contribution in [0.1, 0.15) is 39.0 Å². The first-order chi connectivity index (χ1) is 7.87. The molecule has 17 heavy (non-hydrogen) atoms. The van der Waals surface area contributed by atoms with Crippen molar-refractivity contribution >= 4 is 16.0 Å². The average Bonchev–Trinajstić information content (AvgIpc) is 2.23. The van der Waals surface area contributed by atoms with Gasteiger partial charge in [0, 0.05) is 13.0 Å². The summed E-state index contributed by atoms with van der Waals surface area (Å²) in [5.74, 6) is -0.385. The molecule has 0 aromatic carbocycles. The fourth-order valence-corrected chi connectivity index (χ4v) is 3.06. The number of nitrogens with one attached hydrogen (secondary N) is 1. The zero-order valence-corrected chi connectivity index (χ0v) is 11.3. The number of carbonyl (C=O) groups excluding carboxylic acids is 1. The molecular weight excluding hydrogens is 242 g/mol. The Morgan fingerprint density at radius 2 is 2.06 bits per heavy atom. The lowest BCUT2D eigenvalue weighted by Crippen LogP contribution is -2.40. The van der Waals surface area contributed by atoms with Gasteiger partial charge in [-0.3, -0.25) is 4.79 Å². The van der Waals surface area contributed by atoms with Crippen LogP contribution in [0.25, 0.3) is 0 Å². The van der Waals surface area contributed by atoms with Crippen LogP contribution in [0, 0.1) is 5.41 Å². The smallest absolute Gasteiger partial charge is 0.305 e. The third-order valence-electron chi connectivity index (χ3n) is 3.30. The van der Waals surface area contributed by atoms with Gasteiger partial charge in [-0.15, -0.1) is 0 Å². The van der Waals surface area contributed by atoms with Gasteiger partial charge >= 0.3 is 5.97 Å². The summed E-state index contributed by atoms with van der Waals surface area (Å²) in [4.78, 5) is 10.8. The lowest BCUT2D eigenvalue weighted by atomic mass is 9.71. The molecule has 1 rings (SSSR count). The van der Waals surface area contributed by atoms with Crippen molar-refractivity contribution in [3.05, 3.63) is 0 Å². The predicted molar refractivity (Wildman–Crippen MR) is 65.0 cm³/mol. The minimum Gasteiger partial charge on any atom is -0.469 e. The van der Waals surface area contributed by atoms with Gasteiger partial charge in [-0.2, -0.15) is 0 Å². The van der Waals surface area contributed by atoms with E-state index >= 15 is 0 Å². The predicted octanol–water partition coefficient (Wildman–Crippen LogP) is 1.05. The largest absolute Gasteiger partial charge is 0.469 e. The van der Waals surface area contributed by atoms with Crippen LogP contribution in [0.3, 0.4) is 0 Å². The van der Waals surface area contributed by atoms with Gasteiger partial charge in [0.2, 0.25) is 10.0 Å². The third kappa shape index (κ3) is 5.04. The number of ether oxygens (including phenoxy) is 1. The monoisotopic (exact) mass is 263 g/mol. The van der Waals surface area contributed by atoms with Crippen molar-refractivity contribution in [1.82, 2.24) is 4.72 Å². The van der Waals surface area contributed by atoms with E-state index in [-0.39, 0.29) is 23.6 Å². The summed E-state index contributed by atoms with van der Waals surface area (Å²) in [5, 5.41) is 0. The number of rotatable bonds is 7. The maximum absolute atomic E-state index is 11.6. The Hall–Kier alpha value is -0.620. The Kier molecular flexibility index (Phi) is 4.94. The van der Waals surface area contributed by atoms with Crippen molar-refractivity contribution in [2.45, 2.75) is 39.0 Å². The van der Waals surface area contributed by atoms with E-state index in [0.29, 0.717) is 13.0 Å². The van der Waals surface area contributed by atoms with Gasteiger partial charge in [-0.1, -0.05) is 13.3 Å². The summed E-state index contributed by atoms with van der Waals surface area (Å²) in [6.07, 6.45) is 3.79. The van der Waals surface area contributed by atoms with Crippen molar-refractivity contribution in [1.29, 1.82) is 0 Å². The quantitative estimate of drug-likeness (QED) is 0.697. The minimum atomic E-state index is -3.25. The minimum absolute atomic E-state index is 0.0157. The van der Waals surface area contributed by atoms with E-state index in [9.17, 15) is 13.2 Å². The van der Waals surface area contributed by atoms with E-state index < -0.39 is 10.0 Å². The third-order valence-corrected chi connectivity index (χ3v) is 4.71. The second kappa shape index (κ2) is 5.82. The first-order valence-electron chi connectivity index (χ1n) is 5.91. The van der Waals surface area contributed by atoms with Crippen molar-refractivity contribution < 1.29 is 17.9 Å². The zero-order valence-electron chi connectivity index (χ0n) is 10.5. The van der Waals surface area contributed by atoms with E-state index in [0.717, 1.165) is 12.8 Å². The first-order valence-corrected chi connectivity index (χ1v) is 7.56. The Morgan fingerprint density at radius 3 is 2.53 bits per heavy atom. The van der Waals surface area contributed by atoms with Gasteiger partial charge in [0.25, 0.3) is 0 Å². The molecule has 0 spiro atoms. The number of esters is 1. The molecular formula is C11H21NO4S. The Labute approximate surface area is 103 Å². The van der Waals surface area contributed by atoms with Crippen molar-refractivity contribution in [3.8, 4) is 0 Å². The summed E-state index contributed by atoms with van der Waals surface area (Å²) in [6.45, 7) is 2.60. The van der Waals surface area contributed by atoms with Crippen LogP contribution in [0.15, 0.2) is 0 Å². The molecule has 0 aromatic rings. The topological polar surface area (TPSA) is 72.5 Å². The zero-order chi connectivity index (χ0) is 12.9. The lowest BCUT2D eigenvalue weighted by Gasteiger charge is -2.38. The second-order valence-corrected chi connectivity index (χ2v) is 6.91. The molecule has 0 unspecified atom stereocenters. The summed E-state index contributed by atoms with van der Waals surface area (Å²) in [7, 11) is -1.95. The molecule has 1 aliphatic carbocycles. The Bertz CT molecular complexity index is 360. The summed E-state index contributed by atoms with van der Waals surface area (Å²) >= 11 is 0. The van der Waals surface area contributed by atoms with Crippen molar-refractivity contribution in [2.75, 3.05) is 19.4 Å². The fourth-order valence-electron chi connectivity index (χ4n) is 1.82. The van der Waals surface area contributed by atoms with Crippen LogP contribution in [-0.2, 0) is 19.6 Å². The van der Waals surface area contributed by atoms with Crippen LogP contribution in [0.2, 0.25) is 0 Å². The highest BCUT2D eigenvalue weighted by Crippen LogP contribution is 2.39. The van der Waals surface area contributed by atoms with Gasteiger partial charge in [0.05, 0.1) is 12.9 Å². The molecule has 0 amide bonds. The van der Waals surface area contributed by atoms with Crippen molar-refractivity contribution in [3.63, 3.8) is 0 Å². The number of carbonyl (C=O) groups is 1. The molecule has 0 aliphatic heterocycles. The van der Waals surface area contributed by atoms with Gasteiger partial charge < -0.3 is 4.74 Å². The normalized spacial score (nSPS) is 18.5. The Morgan fingerprint density at radius 1 is 1.41 bits per heavy atom. The number of sulfonamides is 1. The fraction of sp³-hybridized carbons (Fsp3) is 0.909. The van der Waals surface area contributed by atoms with Gasteiger partial charge in [-0.25, -0.2) is 13.1 Å². The standard InChI is InChI=1S/C11H21NO4S/c1-11(6-4-7-11)9-12-17(14,15)8-3-5-10(13)16-2/h12H,3-9H2,1-2H3. The van der Waals surface area contributed by atoms with E-state index in [2.05, 4.69) is 16.4 Å². The highest BCUT2D eigenvalue weighted by atomic mass is 32.2. The molecule has 0 heterocycles. The van der Waals surface area contributed by atoms with Gasteiger partial charge in [0.15, 0.2) is 0 Å². The lowest BCUT2D eigenvalue weighted by molar-refractivity contribution is -0.140. The SMILES string of the molecule is COC(=O)CCCS(=O)(=O)NCC1(C)CCC1. The molecule has 5 nitrogen and oxygen atoms in total. The average molecular weight is 263 g/mol. The molecule has 6 heteroatoms. The number of hydrogen-bond acceptors (Lipinski definition) is 4. The Balaban J connectivity index is 2.24. The molecule has 0 atom stereocenters. The first kappa shape index (κ1) is 14.4. The highest BCUT2D eigenvalue weighted by Gasteiger charge is 2.32. The van der Waals surface area contributed by atoms with Crippen LogP contribution in [0.5, 0.6) is 0 Å². The summed E-state index contributed by atoms with van der Waals surface area (Å²) in [5.41, 5.74) is 0.134. The summed E-state index contributed by atoms with van der Waals surface area (Å²) in [6, 6.07) is 0. The molecule has 1 aliphatic rings. The molecule has 0 bridgehead atoms. The van der Waals surface area contributed by atoms with Gasteiger partial charge in [0.1, 0.15) is 0 Å². The van der Waals surface area contributed by atoms with Crippen molar-refractivity contribution in [2.24, 2.45) is 5.41 Å². The van der Waals surface area contributed by atoms with E-state index in [4.69, 9.17) is 0 Å². The molecule has 1 fully saturated rings. The molecule has 100 valence electrons. The van der Waals surface area contributed by atoms with Crippen LogP contribution >= 0.6 is 0 Å². The summed E-state index contributed by atoms with van der Waals surface area (Å²) < 4.78 is 30.3. The maximum atomic E-state index is 11.6. The van der Waals surface area contributed by atoms with E-state index in [1.54, 1.807) is 0 Å². The number of hydrogen-bond donors (Lipinski definition) is 1. The highest BCUT2D eigenvalue weighted by molar-refractivity contribution is 7.89.